The van der Waals surface area contributed by atoms with Gasteiger partial charge in [0.15, 0.2) is 0 Å². The van der Waals surface area contributed by atoms with Crippen molar-refractivity contribution in [2.45, 2.75) is 25.3 Å². The Kier molecular flexibility index (Phi) is 6.28. The molecule has 0 rings (SSSR count). The highest BCUT2D eigenvalue weighted by atomic mass is 32.2. The number of carboxylic acid groups (broad SMARTS) is 1. The van der Waals surface area contributed by atoms with Gasteiger partial charge in [0.2, 0.25) is 5.91 Å². The van der Waals surface area contributed by atoms with Gasteiger partial charge < -0.3 is 10.4 Å². The lowest BCUT2D eigenvalue weighted by Crippen LogP contribution is -2.41. The van der Waals surface area contributed by atoms with E-state index in [0.717, 1.165) is 6.26 Å². The van der Waals surface area contributed by atoms with Gasteiger partial charge in [0.25, 0.3) is 0 Å². The van der Waals surface area contributed by atoms with Crippen molar-refractivity contribution in [3.8, 4) is 12.3 Å². The predicted octanol–water partition coefficient (Wildman–Crippen LogP) is -0.596. The second-order valence-electron chi connectivity index (χ2n) is 3.58. The second kappa shape index (κ2) is 6.91. The lowest BCUT2D eigenvalue weighted by molar-refractivity contribution is -0.141. The van der Waals surface area contributed by atoms with Crippen molar-refractivity contribution in [2.75, 3.05) is 12.0 Å². The van der Waals surface area contributed by atoms with Gasteiger partial charge in [-0.1, -0.05) is 0 Å². The highest BCUT2D eigenvalue weighted by Gasteiger charge is 2.21. The molecule has 0 heterocycles. The molecule has 0 aromatic carbocycles. The fraction of sp³-hybridized carbons (Fsp3) is 0.600. The first-order valence-electron chi connectivity index (χ1n) is 4.89. The van der Waals surface area contributed by atoms with E-state index in [1.165, 1.54) is 0 Å². The summed E-state index contributed by atoms with van der Waals surface area (Å²) in [5.41, 5.74) is 0. The molecule has 0 aliphatic heterocycles. The first-order chi connectivity index (χ1) is 7.76. The summed E-state index contributed by atoms with van der Waals surface area (Å²) in [6, 6.07) is -1.20. The molecule has 1 amide bonds. The summed E-state index contributed by atoms with van der Waals surface area (Å²) in [7, 11) is -3.25. The molecule has 0 spiro atoms. The zero-order valence-corrected chi connectivity index (χ0v) is 10.3. The summed E-state index contributed by atoms with van der Waals surface area (Å²) in [6.07, 6.45) is 6.05. The molecule has 0 saturated carbocycles. The molecule has 0 aliphatic carbocycles. The summed E-state index contributed by atoms with van der Waals surface area (Å²) in [6.45, 7) is 0. The molecule has 0 fully saturated rings. The number of hydrogen-bond acceptors (Lipinski definition) is 4. The smallest absolute Gasteiger partial charge is 0.326 e. The van der Waals surface area contributed by atoms with Gasteiger partial charge in [0.1, 0.15) is 15.9 Å². The third kappa shape index (κ3) is 8.28. The van der Waals surface area contributed by atoms with Crippen molar-refractivity contribution >= 4 is 21.7 Å². The van der Waals surface area contributed by atoms with Gasteiger partial charge in [-0.15, -0.1) is 12.3 Å². The summed E-state index contributed by atoms with van der Waals surface area (Å²) < 4.78 is 21.8. The monoisotopic (exact) mass is 261 g/mol. The third-order valence-electron chi connectivity index (χ3n) is 1.91. The van der Waals surface area contributed by atoms with Crippen LogP contribution in [0.4, 0.5) is 0 Å². The third-order valence-corrected chi connectivity index (χ3v) is 2.88. The molecule has 6 nitrogen and oxygen atoms in total. The predicted molar refractivity (Wildman–Crippen MR) is 62.0 cm³/mol. The van der Waals surface area contributed by atoms with Crippen LogP contribution in [0.3, 0.4) is 0 Å². The van der Waals surface area contributed by atoms with E-state index in [4.69, 9.17) is 11.5 Å². The number of rotatable bonds is 7. The van der Waals surface area contributed by atoms with Gasteiger partial charge in [0, 0.05) is 19.1 Å². The van der Waals surface area contributed by atoms with E-state index in [1.54, 1.807) is 0 Å². The molecule has 1 unspecified atom stereocenters. The molecule has 7 heteroatoms. The lowest BCUT2D eigenvalue weighted by Gasteiger charge is -2.13. The molecule has 1 atom stereocenters. The number of amides is 1. The molecule has 0 aromatic rings. The highest BCUT2D eigenvalue weighted by molar-refractivity contribution is 7.90. The molecule has 0 saturated heterocycles. The van der Waals surface area contributed by atoms with E-state index >= 15 is 0 Å². The van der Waals surface area contributed by atoms with E-state index < -0.39 is 27.8 Å². The van der Waals surface area contributed by atoms with Gasteiger partial charge >= 0.3 is 5.97 Å². The van der Waals surface area contributed by atoms with Crippen LogP contribution < -0.4 is 5.32 Å². The Morgan fingerprint density at radius 1 is 1.47 bits per heavy atom. The zero-order valence-electron chi connectivity index (χ0n) is 9.47. The normalized spacial score (nSPS) is 12.5. The maximum atomic E-state index is 11.2. The average molecular weight is 261 g/mol. The number of sulfone groups is 1. The standard InChI is InChI=1S/C10H15NO5S/c1-3-4-5-9(12)11-8(10(13)14)6-7-17(2,15)16/h1,8H,4-7H2,2H3,(H,11,12)(H,13,14). The fourth-order valence-corrected chi connectivity index (χ4v) is 1.71. The number of nitrogens with one attached hydrogen (secondary N) is 1. The van der Waals surface area contributed by atoms with E-state index in [2.05, 4.69) is 11.2 Å². The quantitative estimate of drug-likeness (QED) is 0.596. The van der Waals surface area contributed by atoms with E-state index in [1.807, 2.05) is 0 Å². The molecule has 0 aromatic heterocycles. The maximum Gasteiger partial charge on any atom is 0.326 e. The average Bonchev–Trinajstić information content (AvgIpc) is 2.19. The Morgan fingerprint density at radius 3 is 2.47 bits per heavy atom. The number of terminal acetylenes is 1. The summed E-state index contributed by atoms with van der Waals surface area (Å²) >= 11 is 0. The molecule has 17 heavy (non-hydrogen) atoms. The van der Waals surface area contributed by atoms with Crippen LogP contribution in [0.1, 0.15) is 19.3 Å². The van der Waals surface area contributed by atoms with Crippen molar-refractivity contribution in [2.24, 2.45) is 0 Å². The van der Waals surface area contributed by atoms with Crippen LogP contribution in [0.25, 0.3) is 0 Å². The molecular formula is C10H15NO5S. The first-order valence-corrected chi connectivity index (χ1v) is 6.95. The van der Waals surface area contributed by atoms with Crippen LogP contribution in [-0.2, 0) is 19.4 Å². The van der Waals surface area contributed by atoms with Crippen molar-refractivity contribution in [1.82, 2.24) is 5.32 Å². The number of hydrogen-bond donors (Lipinski definition) is 2. The van der Waals surface area contributed by atoms with Gasteiger partial charge in [-0.25, -0.2) is 13.2 Å². The highest BCUT2D eigenvalue weighted by Crippen LogP contribution is 1.98. The number of carbonyl (C=O) groups excluding carboxylic acids is 1. The Morgan fingerprint density at radius 2 is 2.06 bits per heavy atom. The van der Waals surface area contributed by atoms with Gasteiger partial charge in [-0.2, -0.15) is 0 Å². The minimum atomic E-state index is -3.25. The molecular weight excluding hydrogens is 246 g/mol. The van der Waals surface area contributed by atoms with E-state index in [0.29, 0.717) is 0 Å². The van der Waals surface area contributed by atoms with Gasteiger partial charge in [-0.3, -0.25) is 4.79 Å². The van der Waals surface area contributed by atoms with E-state index in [-0.39, 0.29) is 25.0 Å². The van der Waals surface area contributed by atoms with Crippen molar-refractivity contribution in [3.63, 3.8) is 0 Å². The fourth-order valence-electron chi connectivity index (χ4n) is 1.04. The molecule has 0 aliphatic rings. The maximum absolute atomic E-state index is 11.2. The molecule has 0 bridgehead atoms. The minimum absolute atomic E-state index is 0.0269. The summed E-state index contributed by atoms with van der Waals surface area (Å²) in [5.74, 6) is 0.203. The van der Waals surface area contributed by atoms with Crippen molar-refractivity contribution < 1.29 is 23.1 Å². The summed E-state index contributed by atoms with van der Waals surface area (Å²) in [4.78, 5) is 22.0. The van der Waals surface area contributed by atoms with Crippen LogP contribution in [0.2, 0.25) is 0 Å². The van der Waals surface area contributed by atoms with Gasteiger partial charge in [0.05, 0.1) is 5.75 Å². The van der Waals surface area contributed by atoms with Crippen LogP contribution in [0.5, 0.6) is 0 Å². The van der Waals surface area contributed by atoms with Crippen molar-refractivity contribution in [1.29, 1.82) is 0 Å². The second-order valence-corrected chi connectivity index (χ2v) is 5.84. The molecule has 0 radical (unpaired) electrons. The zero-order chi connectivity index (χ0) is 13.5. The Hall–Kier alpha value is -1.55. The Bertz CT molecular complexity index is 420. The minimum Gasteiger partial charge on any atom is -0.480 e. The SMILES string of the molecule is C#CCCC(=O)NC(CCS(C)(=O)=O)C(=O)O. The Labute approximate surface area is 100 Å². The number of carbonyl (C=O) groups is 2. The largest absolute Gasteiger partial charge is 0.480 e. The van der Waals surface area contributed by atoms with Crippen molar-refractivity contribution in [3.05, 3.63) is 0 Å². The number of aliphatic carboxylic acids is 1. The number of carboxylic acids is 1. The van der Waals surface area contributed by atoms with Crippen LogP contribution in [0, 0.1) is 12.3 Å². The molecule has 2 N–H and O–H groups in total. The lowest BCUT2D eigenvalue weighted by atomic mass is 10.2. The van der Waals surface area contributed by atoms with Crippen LogP contribution in [-0.4, -0.2) is 43.5 Å². The summed E-state index contributed by atoms with van der Waals surface area (Å²) in [5, 5.41) is 11.0. The van der Waals surface area contributed by atoms with E-state index in [9.17, 15) is 18.0 Å². The first kappa shape index (κ1) is 15.4. The topological polar surface area (TPSA) is 101 Å². The van der Waals surface area contributed by atoms with Gasteiger partial charge in [-0.05, 0) is 6.42 Å². The van der Waals surface area contributed by atoms with Crippen LogP contribution in [0.15, 0.2) is 0 Å². The molecule has 96 valence electrons. The van der Waals surface area contributed by atoms with Crippen LogP contribution >= 0.6 is 0 Å². The Balaban J connectivity index is 4.31.